The molecule has 1 heterocycles. The van der Waals surface area contributed by atoms with E-state index < -0.39 is 6.04 Å². The monoisotopic (exact) mass is 355 g/mol. The number of amides is 1. The molecular weight excluding hydrogens is 333 g/mol. The second-order valence-electron chi connectivity index (χ2n) is 6.38. The highest BCUT2D eigenvalue weighted by atomic mass is 19.1. The molecule has 26 heavy (non-hydrogen) atoms. The first-order valence-corrected chi connectivity index (χ1v) is 8.33. The van der Waals surface area contributed by atoms with Crippen LogP contribution in [-0.4, -0.2) is 37.0 Å². The second kappa shape index (κ2) is 7.58. The molecule has 3 rings (SSSR count). The van der Waals surface area contributed by atoms with Crippen LogP contribution in [0.3, 0.4) is 0 Å². The Morgan fingerprint density at radius 3 is 2.58 bits per heavy atom. The van der Waals surface area contributed by atoms with Crippen LogP contribution >= 0.6 is 0 Å². The Kier molecular flexibility index (Phi) is 5.23. The Morgan fingerprint density at radius 1 is 1.19 bits per heavy atom. The SMILES string of the molecule is COc1ccc2[nH]c(CNC(=O)[C@H](c3ccc(F)cc3)N(C)C)cc2c1. The predicted octanol–water partition coefficient (Wildman–Crippen LogP) is 3.23. The molecule has 2 aromatic carbocycles. The molecule has 0 radical (unpaired) electrons. The molecule has 0 aliphatic rings. The smallest absolute Gasteiger partial charge is 0.242 e. The van der Waals surface area contributed by atoms with Gasteiger partial charge in [0.1, 0.15) is 17.6 Å². The van der Waals surface area contributed by atoms with Gasteiger partial charge in [-0.15, -0.1) is 0 Å². The molecule has 6 heteroatoms. The summed E-state index contributed by atoms with van der Waals surface area (Å²) < 4.78 is 18.4. The highest BCUT2D eigenvalue weighted by Gasteiger charge is 2.22. The minimum absolute atomic E-state index is 0.141. The number of fused-ring (bicyclic) bond motifs is 1. The van der Waals surface area contributed by atoms with Crippen molar-refractivity contribution in [1.29, 1.82) is 0 Å². The molecule has 0 aliphatic carbocycles. The number of halogens is 1. The van der Waals surface area contributed by atoms with Gasteiger partial charge in [-0.1, -0.05) is 12.1 Å². The van der Waals surface area contributed by atoms with Crippen LogP contribution in [0, 0.1) is 5.82 Å². The maximum atomic E-state index is 13.1. The van der Waals surface area contributed by atoms with Crippen LogP contribution in [0.5, 0.6) is 5.75 Å². The lowest BCUT2D eigenvalue weighted by molar-refractivity contribution is -0.126. The maximum Gasteiger partial charge on any atom is 0.242 e. The fraction of sp³-hybridized carbons (Fsp3) is 0.250. The molecule has 0 bridgehead atoms. The number of H-pyrrole nitrogens is 1. The Morgan fingerprint density at radius 2 is 1.92 bits per heavy atom. The van der Waals surface area contributed by atoms with Crippen LogP contribution in [0.2, 0.25) is 0 Å². The fourth-order valence-corrected chi connectivity index (χ4v) is 3.00. The van der Waals surface area contributed by atoms with Crippen molar-refractivity contribution < 1.29 is 13.9 Å². The van der Waals surface area contributed by atoms with Gasteiger partial charge in [0.15, 0.2) is 0 Å². The summed E-state index contributed by atoms with van der Waals surface area (Å²) in [4.78, 5) is 17.8. The number of nitrogens with zero attached hydrogens (tertiary/aromatic N) is 1. The van der Waals surface area contributed by atoms with E-state index in [1.54, 1.807) is 24.1 Å². The number of hydrogen-bond acceptors (Lipinski definition) is 3. The van der Waals surface area contributed by atoms with Crippen LogP contribution in [0.4, 0.5) is 4.39 Å². The van der Waals surface area contributed by atoms with E-state index in [9.17, 15) is 9.18 Å². The molecule has 2 N–H and O–H groups in total. The number of carbonyl (C=O) groups is 1. The molecular formula is C20H22FN3O2. The van der Waals surface area contributed by atoms with Crippen LogP contribution < -0.4 is 10.1 Å². The molecule has 0 fully saturated rings. The van der Waals surface area contributed by atoms with Gasteiger partial charge in [0.25, 0.3) is 0 Å². The quantitative estimate of drug-likeness (QED) is 0.714. The fourth-order valence-electron chi connectivity index (χ4n) is 3.00. The van der Waals surface area contributed by atoms with Crippen LogP contribution in [0.15, 0.2) is 48.5 Å². The number of aromatic nitrogens is 1. The lowest BCUT2D eigenvalue weighted by Crippen LogP contribution is -2.36. The Balaban J connectivity index is 1.72. The number of hydrogen-bond donors (Lipinski definition) is 2. The number of nitrogens with one attached hydrogen (secondary N) is 2. The summed E-state index contributed by atoms with van der Waals surface area (Å²) in [6.07, 6.45) is 0. The van der Waals surface area contributed by atoms with Crippen LogP contribution in [-0.2, 0) is 11.3 Å². The number of carbonyl (C=O) groups excluding carboxylic acids is 1. The summed E-state index contributed by atoms with van der Waals surface area (Å²) in [7, 11) is 5.28. The van der Waals surface area contributed by atoms with Crippen molar-refractivity contribution in [2.45, 2.75) is 12.6 Å². The Labute approximate surface area is 151 Å². The van der Waals surface area contributed by atoms with Gasteiger partial charge in [0.05, 0.1) is 13.7 Å². The van der Waals surface area contributed by atoms with Crippen molar-refractivity contribution in [1.82, 2.24) is 15.2 Å². The average Bonchev–Trinajstić information content (AvgIpc) is 3.03. The predicted molar refractivity (Wildman–Crippen MR) is 99.5 cm³/mol. The molecule has 5 nitrogen and oxygen atoms in total. The van der Waals surface area contributed by atoms with Crippen LogP contribution in [0.1, 0.15) is 17.3 Å². The summed E-state index contributed by atoms with van der Waals surface area (Å²) in [6.45, 7) is 0.376. The molecule has 0 saturated heterocycles. The zero-order chi connectivity index (χ0) is 18.7. The third-order valence-corrected chi connectivity index (χ3v) is 4.29. The first kappa shape index (κ1) is 17.9. The summed E-state index contributed by atoms with van der Waals surface area (Å²) in [6, 6.07) is 13.3. The third-order valence-electron chi connectivity index (χ3n) is 4.29. The van der Waals surface area contributed by atoms with E-state index in [2.05, 4.69) is 10.3 Å². The maximum absolute atomic E-state index is 13.1. The molecule has 1 aromatic heterocycles. The summed E-state index contributed by atoms with van der Waals surface area (Å²) in [5.74, 6) is 0.328. The largest absolute Gasteiger partial charge is 0.497 e. The molecule has 0 spiro atoms. The minimum Gasteiger partial charge on any atom is -0.497 e. The van der Waals surface area contributed by atoms with E-state index in [0.29, 0.717) is 6.54 Å². The normalized spacial score (nSPS) is 12.3. The van der Waals surface area contributed by atoms with Crippen molar-refractivity contribution in [3.05, 3.63) is 65.6 Å². The van der Waals surface area contributed by atoms with E-state index in [1.807, 2.05) is 38.4 Å². The molecule has 0 unspecified atom stereocenters. The van der Waals surface area contributed by atoms with Gasteiger partial charge in [-0.3, -0.25) is 9.69 Å². The minimum atomic E-state index is -0.486. The molecule has 3 aromatic rings. The van der Waals surface area contributed by atoms with Gasteiger partial charge < -0.3 is 15.0 Å². The van der Waals surface area contributed by atoms with Crippen molar-refractivity contribution in [3.8, 4) is 5.75 Å². The highest BCUT2D eigenvalue weighted by molar-refractivity contribution is 5.84. The average molecular weight is 355 g/mol. The number of methoxy groups -OCH3 is 1. The summed E-state index contributed by atoms with van der Waals surface area (Å²) in [5.41, 5.74) is 2.63. The summed E-state index contributed by atoms with van der Waals surface area (Å²) in [5, 5.41) is 3.97. The van der Waals surface area contributed by atoms with E-state index in [-0.39, 0.29) is 11.7 Å². The molecule has 1 atom stereocenters. The second-order valence-corrected chi connectivity index (χ2v) is 6.38. The number of likely N-dealkylation sites (N-methyl/N-ethyl adjacent to an activating group) is 1. The number of rotatable bonds is 6. The van der Waals surface area contributed by atoms with Crippen LogP contribution in [0.25, 0.3) is 10.9 Å². The van der Waals surface area contributed by atoms with Gasteiger partial charge in [-0.2, -0.15) is 0 Å². The van der Waals surface area contributed by atoms with Gasteiger partial charge in [-0.25, -0.2) is 4.39 Å². The molecule has 0 aliphatic heterocycles. The van der Waals surface area contributed by atoms with Crippen molar-refractivity contribution in [2.24, 2.45) is 0 Å². The number of benzene rings is 2. The summed E-state index contributed by atoms with van der Waals surface area (Å²) >= 11 is 0. The van der Waals surface area contributed by atoms with Gasteiger partial charge in [-0.05, 0) is 56.1 Å². The first-order valence-electron chi connectivity index (χ1n) is 8.33. The Bertz CT molecular complexity index is 903. The third kappa shape index (κ3) is 3.86. The van der Waals surface area contributed by atoms with E-state index in [4.69, 9.17) is 4.74 Å². The number of ether oxygens (including phenoxy) is 1. The standard InChI is InChI=1S/C20H22FN3O2/c1-24(2)19(13-4-6-15(21)7-5-13)20(25)22-12-16-10-14-11-17(26-3)8-9-18(14)23-16/h4-11,19,23H,12H2,1-3H3,(H,22,25)/t19-/m0/s1. The Hall–Kier alpha value is -2.86. The molecule has 136 valence electrons. The topological polar surface area (TPSA) is 57.4 Å². The van der Waals surface area contributed by atoms with E-state index >= 15 is 0 Å². The van der Waals surface area contributed by atoms with E-state index in [1.165, 1.54) is 12.1 Å². The van der Waals surface area contributed by atoms with Gasteiger partial charge in [0, 0.05) is 16.6 Å². The number of aromatic amines is 1. The lowest BCUT2D eigenvalue weighted by atomic mass is 10.1. The first-order chi connectivity index (χ1) is 12.5. The lowest BCUT2D eigenvalue weighted by Gasteiger charge is -2.23. The molecule has 1 amide bonds. The van der Waals surface area contributed by atoms with E-state index in [0.717, 1.165) is 27.9 Å². The molecule has 0 saturated carbocycles. The van der Waals surface area contributed by atoms with Crippen molar-refractivity contribution in [3.63, 3.8) is 0 Å². The zero-order valence-corrected chi connectivity index (χ0v) is 15.0. The van der Waals surface area contributed by atoms with Gasteiger partial charge in [0.2, 0.25) is 5.91 Å². The highest BCUT2D eigenvalue weighted by Crippen LogP contribution is 2.22. The zero-order valence-electron chi connectivity index (χ0n) is 15.0. The van der Waals surface area contributed by atoms with Gasteiger partial charge >= 0.3 is 0 Å². The van der Waals surface area contributed by atoms with Crippen molar-refractivity contribution in [2.75, 3.05) is 21.2 Å². The van der Waals surface area contributed by atoms with Crippen molar-refractivity contribution >= 4 is 16.8 Å².